The number of aromatic nitrogens is 3. The highest BCUT2D eigenvalue weighted by Crippen LogP contribution is 2.32. The number of phenols is 2. The Kier molecular flexibility index (Phi) is 12.5. The molecule has 0 saturated carbocycles. The van der Waals surface area contributed by atoms with E-state index < -0.39 is 0 Å². The Bertz CT molecular complexity index is 2460. The van der Waals surface area contributed by atoms with Gasteiger partial charge in [-0.1, -0.05) is 48.6 Å². The summed E-state index contributed by atoms with van der Waals surface area (Å²) in [6.45, 7) is 0. The summed E-state index contributed by atoms with van der Waals surface area (Å²) in [5, 5.41) is 25.8. The van der Waals surface area contributed by atoms with E-state index in [0.717, 1.165) is 60.2 Å². The first-order chi connectivity index (χ1) is 26.2. The normalized spacial score (nSPS) is 10.8. The van der Waals surface area contributed by atoms with E-state index in [0.29, 0.717) is 5.75 Å². The molecular weight excluding hydrogens is 799 g/mol. The van der Waals surface area contributed by atoms with E-state index in [4.69, 9.17) is 5.11 Å². The van der Waals surface area contributed by atoms with Crippen molar-refractivity contribution in [2.45, 2.75) is 0 Å². The molecular formula is C44H41IN6O2S. The van der Waals surface area contributed by atoms with Crippen molar-refractivity contribution in [2.75, 3.05) is 43.7 Å². The minimum absolute atomic E-state index is 0.281. The Morgan fingerprint density at radius 3 is 1.83 bits per heavy atom. The van der Waals surface area contributed by atoms with Crippen LogP contribution in [0.2, 0.25) is 0 Å². The third-order valence-electron chi connectivity index (χ3n) is 8.45. The van der Waals surface area contributed by atoms with Gasteiger partial charge in [0.25, 0.3) is 0 Å². The highest BCUT2D eigenvalue weighted by molar-refractivity contribution is 14.1. The van der Waals surface area contributed by atoms with Crippen molar-refractivity contribution in [1.82, 2.24) is 14.4 Å². The molecule has 0 unspecified atom stereocenters. The number of hydrogen-bond donors (Lipinski definition) is 4. The fourth-order valence-electron chi connectivity index (χ4n) is 5.39. The number of anilines is 3. The number of benzene rings is 5. The van der Waals surface area contributed by atoms with E-state index >= 15 is 0 Å². The second-order valence-electron chi connectivity index (χ2n) is 12.5. The maximum Gasteiger partial charge on any atom is 0.137 e. The van der Waals surface area contributed by atoms with Crippen LogP contribution in [0.5, 0.6) is 11.5 Å². The number of fused-ring (bicyclic) bond motifs is 2. The van der Waals surface area contributed by atoms with Crippen molar-refractivity contribution >= 4 is 79.0 Å². The SMILES string of the molecule is CN(C)c1ccc(-c2cn3cc([125I])ccc3n2)cc1.[11CH3]Nc1ccc(-c2nc3ccc(O)cc3s2)cc1.[11CH3]Nc1ccc(/C=C/c2ccc(O)cc2)cc1. The molecule has 8 rings (SSSR count). The fourth-order valence-corrected chi connectivity index (χ4v) is 6.87. The second kappa shape index (κ2) is 17.8. The van der Waals surface area contributed by atoms with Crippen LogP contribution in [0.15, 0.2) is 140 Å². The van der Waals surface area contributed by atoms with Crippen LogP contribution >= 0.6 is 33.9 Å². The lowest BCUT2D eigenvalue weighted by Crippen LogP contribution is -2.07. The van der Waals surface area contributed by atoms with Crippen molar-refractivity contribution in [2.24, 2.45) is 0 Å². The van der Waals surface area contributed by atoms with Crippen molar-refractivity contribution in [3.05, 3.63) is 154 Å². The number of hydrogen-bond acceptors (Lipinski definition) is 8. The minimum atomic E-state index is 0.281. The lowest BCUT2D eigenvalue weighted by molar-refractivity contribution is 0.475. The van der Waals surface area contributed by atoms with Crippen LogP contribution in [0.25, 0.3) is 49.8 Å². The van der Waals surface area contributed by atoms with E-state index in [1.807, 2.05) is 101 Å². The number of halogens is 1. The molecule has 8 nitrogen and oxygen atoms in total. The van der Waals surface area contributed by atoms with Crippen LogP contribution in [0, 0.1) is 3.57 Å². The first kappa shape index (κ1) is 37.9. The molecule has 8 aromatic rings. The first-order valence-electron chi connectivity index (χ1n) is 17.2. The molecule has 0 aliphatic carbocycles. The van der Waals surface area contributed by atoms with Crippen molar-refractivity contribution in [1.29, 1.82) is 0 Å². The molecule has 10 heteroatoms. The molecule has 0 aliphatic rings. The molecule has 0 radical (unpaired) electrons. The smallest absolute Gasteiger partial charge is 0.137 e. The average molecular weight is 841 g/mol. The van der Waals surface area contributed by atoms with Crippen LogP contribution < -0.4 is 15.5 Å². The largest absolute Gasteiger partial charge is 0.508 e. The summed E-state index contributed by atoms with van der Waals surface area (Å²) >= 11 is 3.90. The third kappa shape index (κ3) is 9.97. The standard InChI is InChI=1S/C15H14IN3.C15H15NO.C14H12N2OS/c1-18(2)13-6-3-11(4-7-13)14-10-19-9-12(16)5-8-15(19)17-14;1-16-14-8-4-12(5-9-14)2-3-13-6-10-15(17)11-7-13;1-15-10-4-2-9(3-5-10)14-16-12-7-6-11(17)8-13(12)18-14/h3-10H,1-2H3;2-11,16-17H,1H3;2-8,15,17H,1H3/b;3-2+;/i16-2;2*1-1. The average Bonchev–Trinajstić information content (AvgIpc) is 3.82. The Morgan fingerprint density at radius 2 is 1.22 bits per heavy atom. The number of rotatable bonds is 7. The van der Waals surface area contributed by atoms with E-state index in [2.05, 4.69) is 107 Å². The van der Waals surface area contributed by atoms with Crippen molar-refractivity contribution in [3.8, 4) is 33.3 Å². The van der Waals surface area contributed by atoms with Gasteiger partial charge < -0.3 is 30.1 Å². The molecule has 0 atom stereocenters. The molecule has 0 fully saturated rings. The molecule has 3 aromatic heterocycles. The van der Waals surface area contributed by atoms with Gasteiger partial charge in [0.2, 0.25) is 0 Å². The quantitative estimate of drug-likeness (QED) is 0.0937. The molecule has 5 aromatic carbocycles. The van der Waals surface area contributed by atoms with Gasteiger partial charge in [-0.25, -0.2) is 9.97 Å². The van der Waals surface area contributed by atoms with Gasteiger partial charge in [0, 0.05) is 72.3 Å². The van der Waals surface area contributed by atoms with Gasteiger partial charge in [-0.05, 0) is 125 Å². The van der Waals surface area contributed by atoms with E-state index in [1.54, 1.807) is 35.6 Å². The summed E-state index contributed by atoms with van der Waals surface area (Å²) in [5.74, 6) is 0.573. The van der Waals surface area contributed by atoms with Crippen LogP contribution in [0.3, 0.4) is 0 Å². The molecule has 272 valence electrons. The van der Waals surface area contributed by atoms with Crippen LogP contribution in [0.4, 0.5) is 17.1 Å². The molecule has 0 aliphatic heterocycles. The number of phenolic OH excluding ortho intramolecular Hbond substituents is 2. The summed E-state index contributed by atoms with van der Waals surface area (Å²) in [4.78, 5) is 11.3. The maximum absolute atomic E-state index is 9.45. The number of nitrogens with zero attached hydrogens (tertiary/aromatic N) is 4. The van der Waals surface area contributed by atoms with Crippen LogP contribution in [-0.4, -0.2) is 52.8 Å². The monoisotopic (exact) mass is 840 g/mol. The van der Waals surface area contributed by atoms with Gasteiger partial charge in [0.05, 0.1) is 15.9 Å². The van der Waals surface area contributed by atoms with E-state index in [-0.39, 0.29) is 5.75 Å². The molecule has 0 amide bonds. The van der Waals surface area contributed by atoms with Crippen LogP contribution in [0.1, 0.15) is 11.1 Å². The number of imidazole rings is 1. The fraction of sp³-hybridized carbons (Fsp3) is 0.0909. The Balaban J connectivity index is 0.000000138. The predicted octanol–water partition coefficient (Wildman–Crippen LogP) is 11.0. The van der Waals surface area contributed by atoms with Crippen molar-refractivity contribution in [3.63, 3.8) is 0 Å². The Labute approximate surface area is 333 Å². The number of aromatic hydroxyl groups is 2. The zero-order valence-corrected chi connectivity index (χ0v) is 33.4. The Morgan fingerprint density at radius 1 is 0.648 bits per heavy atom. The van der Waals surface area contributed by atoms with Gasteiger partial charge in [-0.2, -0.15) is 0 Å². The molecule has 3 heterocycles. The van der Waals surface area contributed by atoms with E-state index in [1.165, 1.54) is 9.26 Å². The van der Waals surface area contributed by atoms with Gasteiger partial charge in [-0.3, -0.25) is 0 Å². The highest BCUT2D eigenvalue weighted by atomic mass is 125. The van der Waals surface area contributed by atoms with E-state index in [9.17, 15) is 5.11 Å². The maximum atomic E-state index is 9.45. The summed E-state index contributed by atoms with van der Waals surface area (Å²) in [7, 11) is 7.89. The molecule has 54 heavy (non-hydrogen) atoms. The minimum Gasteiger partial charge on any atom is -0.508 e. The van der Waals surface area contributed by atoms with Crippen molar-refractivity contribution < 1.29 is 10.2 Å². The lowest BCUT2D eigenvalue weighted by atomic mass is 10.1. The van der Waals surface area contributed by atoms with Gasteiger partial charge in [-0.15, -0.1) is 11.3 Å². The number of pyridine rings is 1. The first-order valence-corrected chi connectivity index (χ1v) is 19.1. The predicted molar refractivity (Wildman–Crippen MR) is 237 cm³/mol. The second-order valence-corrected chi connectivity index (χ2v) is 14.8. The summed E-state index contributed by atoms with van der Waals surface area (Å²) in [6.07, 6.45) is 8.22. The zero-order chi connectivity index (χ0) is 38.0. The molecule has 0 spiro atoms. The summed E-state index contributed by atoms with van der Waals surface area (Å²) in [6, 6.07) is 41.3. The number of thiazole rings is 1. The summed E-state index contributed by atoms with van der Waals surface area (Å²) < 4.78 is 4.27. The zero-order valence-electron chi connectivity index (χ0n) is 30.4. The third-order valence-corrected chi connectivity index (χ3v) is 10.2. The summed E-state index contributed by atoms with van der Waals surface area (Å²) in [5.41, 5.74) is 10.7. The highest BCUT2D eigenvalue weighted by Gasteiger charge is 2.07. The molecule has 0 saturated heterocycles. The van der Waals surface area contributed by atoms with Crippen LogP contribution in [-0.2, 0) is 0 Å². The van der Waals surface area contributed by atoms with Gasteiger partial charge >= 0.3 is 0 Å². The van der Waals surface area contributed by atoms with Gasteiger partial charge in [0.1, 0.15) is 22.2 Å². The number of nitrogens with one attached hydrogen (secondary N) is 2. The topological polar surface area (TPSA) is 98.0 Å². The Hall–Kier alpha value is -5.85. The lowest BCUT2D eigenvalue weighted by Gasteiger charge is -2.12. The van der Waals surface area contributed by atoms with Gasteiger partial charge in [0.15, 0.2) is 0 Å². The molecule has 0 bridgehead atoms. The molecule has 4 N–H and O–H groups in total.